The molecule has 0 spiro atoms. The van der Waals surface area contributed by atoms with Crippen LogP contribution in [0.25, 0.3) is 5.70 Å². The highest BCUT2D eigenvalue weighted by Crippen LogP contribution is 2.51. The number of nitrogens with one attached hydrogen (secondary N) is 1. The van der Waals surface area contributed by atoms with Crippen LogP contribution in [0.3, 0.4) is 0 Å². The van der Waals surface area contributed by atoms with Crippen LogP contribution in [0.1, 0.15) is 28.8 Å². The smallest absolute Gasteiger partial charge is 0.226 e. The van der Waals surface area contributed by atoms with Gasteiger partial charge in [-0.15, -0.1) is 0 Å². The van der Waals surface area contributed by atoms with Crippen molar-refractivity contribution < 1.29 is 14.2 Å². The summed E-state index contributed by atoms with van der Waals surface area (Å²) < 4.78 is 19.7. The van der Waals surface area contributed by atoms with Gasteiger partial charge in [0.15, 0.2) is 6.10 Å². The van der Waals surface area contributed by atoms with Gasteiger partial charge in [-0.05, 0) is 35.9 Å². The summed E-state index contributed by atoms with van der Waals surface area (Å²) in [6, 6.07) is 17.5. The Morgan fingerprint density at radius 3 is 2.76 bits per heavy atom. The van der Waals surface area contributed by atoms with Crippen LogP contribution in [0.15, 0.2) is 78.9 Å². The van der Waals surface area contributed by atoms with Crippen LogP contribution in [-0.4, -0.2) is 34.0 Å². The van der Waals surface area contributed by atoms with Crippen LogP contribution in [0.2, 0.25) is 0 Å². The molecule has 0 saturated heterocycles. The van der Waals surface area contributed by atoms with Gasteiger partial charge in [0, 0.05) is 35.2 Å². The molecule has 0 aliphatic carbocycles. The van der Waals surface area contributed by atoms with Crippen molar-refractivity contribution in [3.05, 3.63) is 95.6 Å². The van der Waals surface area contributed by atoms with E-state index in [0.717, 1.165) is 33.7 Å². The number of aromatic nitrogens is 4. The van der Waals surface area contributed by atoms with Crippen LogP contribution in [0, 0.1) is 0 Å². The van der Waals surface area contributed by atoms with Gasteiger partial charge in [-0.1, -0.05) is 18.2 Å². The number of para-hydroxylation sites is 1. The zero-order valence-electron chi connectivity index (χ0n) is 18.1. The number of fused-ring (bicyclic) bond motifs is 3. The first kappa shape index (κ1) is 19.4. The van der Waals surface area contributed by atoms with Gasteiger partial charge in [0.2, 0.25) is 5.95 Å². The Labute approximate surface area is 190 Å². The molecule has 4 heterocycles. The number of ether oxygens (including phenoxy) is 3. The molecular weight excluding hydrogens is 418 g/mol. The molecule has 8 heteroatoms. The van der Waals surface area contributed by atoms with Gasteiger partial charge in [-0.2, -0.15) is 10.1 Å². The molecule has 0 fully saturated rings. The first-order chi connectivity index (χ1) is 16.3. The predicted molar refractivity (Wildman–Crippen MR) is 122 cm³/mol. The van der Waals surface area contributed by atoms with Gasteiger partial charge < -0.3 is 19.5 Å². The maximum Gasteiger partial charge on any atom is 0.226 e. The van der Waals surface area contributed by atoms with E-state index in [1.807, 2.05) is 65.5 Å². The second-order valence-electron chi connectivity index (χ2n) is 7.77. The van der Waals surface area contributed by atoms with Crippen LogP contribution in [-0.2, 0) is 0 Å². The lowest BCUT2D eigenvalue weighted by Crippen LogP contribution is -2.32. The van der Waals surface area contributed by atoms with Crippen molar-refractivity contribution in [2.24, 2.45) is 0 Å². The van der Waals surface area contributed by atoms with E-state index in [9.17, 15) is 0 Å². The third-order valence-electron chi connectivity index (χ3n) is 6.04. The van der Waals surface area contributed by atoms with Crippen molar-refractivity contribution in [3.8, 4) is 17.2 Å². The average Bonchev–Trinajstić information content (AvgIpc) is 3.35. The summed E-state index contributed by atoms with van der Waals surface area (Å²) in [5.74, 6) is 2.84. The van der Waals surface area contributed by atoms with Crippen LogP contribution >= 0.6 is 0 Å². The minimum atomic E-state index is -0.439. The molecular formula is C25H21N5O3. The summed E-state index contributed by atoms with van der Waals surface area (Å²) in [7, 11) is 3.29. The van der Waals surface area contributed by atoms with Crippen molar-refractivity contribution in [2.45, 2.75) is 12.1 Å². The molecule has 33 heavy (non-hydrogen) atoms. The molecule has 164 valence electrons. The molecule has 2 aliphatic heterocycles. The first-order valence-corrected chi connectivity index (χ1v) is 10.6. The third kappa shape index (κ3) is 3.02. The average molecular weight is 439 g/mol. The fourth-order valence-corrected chi connectivity index (χ4v) is 4.57. The molecule has 0 saturated carbocycles. The number of hydrogen-bond donors (Lipinski definition) is 1. The van der Waals surface area contributed by atoms with Crippen molar-refractivity contribution in [1.29, 1.82) is 0 Å². The Morgan fingerprint density at radius 2 is 1.94 bits per heavy atom. The van der Waals surface area contributed by atoms with Gasteiger partial charge in [-0.3, -0.25) is 4.98 Å². The van der Waals surface area contributed by atoms with E-state index in [-0.39, 0.29) is 6.04 Å². The minimum absolute atomic E-state index is 0.266. The Hall–Kier alpha value is -4.33. The topological polar surface area (TPSA) is 83.3 Å². The number of hydrogen-bond acceptors (Lipinski definition) is 7. The highest BCUT2D eigenvalue weighted by atomic mass is 16.5. The van der Waals surface area contributed by atoms with Crippen molar-refractivity contribution >= 4 is 11.6 Å². The van der Waals surface area contributed by atoms with E-state index in [4.69, 9.17) is 14.2 Å². The number of benzene rings is 2. The third-order valence-corrected chi connectivity index (χ3v) is 6.04. The molecule has 1 N–H and O–H groups in total. The molecule has 2 aromatic heterocycles. The zero-order chi connectivity index (χ0) is 22.4. The summed E-state index contributed by atoms with van der Waals surface area (Å²) in [6.45, 7) is 0. The van der Waals surface area contributed by atoms with E-state index in [0.29, 0.717) is 17.4 Å². The monoisotopic (exact) mass is 439 g/mol. The lowest BCUT2D eigenvalue weighted by atomic mass is 9.85. The largest absolute Gasteiger partial charge is 0.497 e. The van der Waals surface area contributed by atoms with Crippen molar-refractivity contribution in [1.82, 2.24) is 19.7 Å². The first-order valence-electron chi connectivity index (χ1n) is 10.6. The Balaban J connectivity index is 1.63. The Bertz CT molecular complexity index is 1370. The van der Waals surface area contributed by atoms with Gasteiger partial charge in [-0.25, -0.2) is 4.68 Å². The summed E-state index contributed by atoms with van der Waals surface area (Å²) in [5, 5.41) is 8.03. The van der Waals surface area contributed by atoms with E-state index in [1.54, 1.807) is 26.7 Å². The second-order valence-corrected chi connectivity index (χ2v) is 7.77. The van der Waals surface area contributed by atoms with Gasteiger partial charge in [0.05, 0.1) is 19.9 Å². The molecule has 0 amide bonds. The molecule has 0 bridgehead atoms. The fourth-order valence-electron chi connectivity index (χ4n) is 4.57. The van der Waals surface area contributed by atoms with Crippen LogP contribution < -0.4 is 19.5 Å². The number of pyridine rings is 1. The van der Waals surface area contributed by atoms with Crippen molar-refractivity contribution in [2.75, 3.05) is 19.5 Å². The van der Waals surface area contributed by atoms with Gasteiger partial charge >= 0.3 is 0 Å². The number of rotatable bonds is 4. The molecule has 4 aromatic rings. The number of nitrogens with zero attached hydrogens (tertiary/aromatic N) is 4. The quantitative estimate of drug-likeness (QED) is 0.509. The summed E-state index contributed by atoms with van der Waals surface area (Å²) >= 11 is 0. The fraction of sp³-hybridized carbons (Fsp3) is 0.160. The standard InChI is InChI=1S/C25H21N5O3/c1-31-16-9-10-18(20(12-16)32-2)24-21-22(17-7-3-4-8-19(17)33-24)29-25-27-14-28-30(25)23(21)15-6-5-11-26-13-15/h3-14,23-24H,1-2H3,(H,27,28,29)/t23-,24+/m0/s1. The van der Waals surface area contributed by atoms with Crippen LogP contribution in [0.5, 0.6) is 17.2 Å². The molecule has 2 aliphatic rings. The molecule has 6 rings (SSSR count). The molecule has 8 nitrogen and oxygen atoms in total. The summed E-state index contributed by atoms with van der Waals surface area (Å²) in [5.41, 5.74) is 4.80. The van der Waals surface area contributed by atoms with E-state index < -0.39 is 6.10 Å². The Kier molecular flexibility index (Phi) is 4.50. The van der Waals surface area contributed by atoms with Gasteiger partial charge in [0.25, 0.3) is 0 Å². The minimum Gasteiger partial charge on any atom is -0.497 e. The number of anilines is 1. The molecule has 0 unspecified atom stereocenters. The van der Waals surface area contributed by atoms with Crippen LogP contribution in [0.4, 0.5) is 5.95 Å². The predicted octanol–water partition coefficient (Wildman–Crippen LogP) is 4.25. The maximum absolute atomic E-state index is 6.65. The highest BCUT2D eigenvalue weighted by Gasteiger charge is 2.41. The normalized spacial score (nSPS) is 18.4. The SMILES string of the molecule is COc1ccc([C@H]2Oc3ccccc3C3=C2[C@H](c2cccnc2)n2ncnc2N3)c(OC)c1. The molecule has 2 atom stereocenters. The highest BCUT2D eigenvalue weighted by molar-refractivity contribution is 5.85. The van der Waals surface area contributed by atoms with Gasteiger partial charge in [0.1, 0.15) is 29.6 Å². The molecule has 0 radical (unpaired) electrons. The summed E-state index contributed by atoms with van der Waals surface area (Å²) in [6.07, 6.45) is 4.74. The van der Waals surface area contributed by atoms with E-state index in [1.165, 1.54) is 0 Å². The summed E-state index contributed by atoms with van der Waals surface area (Å²) in [4.78, 5) is 8.82. The lowest BCUT2D eigenvalue weighted by molar-refractivity contribution is 0.217. The lowest BCUT2D eigenvalue weighted by Gasteiger charge is -2.39. The number of methoxy groups -OCH3 is 2. The zero-order valence-corrected chi connectivity index (χ0v) is 18.1. The molecule has 2 aromatic carbocycles. The van der Waals surface area contributed by atoms with E-state index >= 15 is 0 Å². The maximum atomic E-state index is 6.65. The van der Waals surface area contributed by atoms with Crippen molar-refractivity contribution in [3.63, 3.8) is 0 Å². The Morgan fingerprint density at radius 1 is 1.03 bits per heavy atom. The second kappa shape index (κ2) is 7.67. The van der Waals surface area contributed by atoms with E-state index in [2.05, 4.69) is 20.4 Å².